The van der Waals surface area contributed by atoms with E-state index in [0.717, 1.165) is 68.2 Å². The van der Waals surface area contributed by atoms with Crippen LogP contribution in [-0.2, 0) is 21.4 Å². The van der Waals surface area contributed by atoms with Crippen LogP contribution in [0, 0.1) is 5.92 Å². The van der Waals surface area contributed by atoms with Crippen LogP contribution >= 0.6 is 0 Å². The van der Waals surface area contributed by atoms with E-state index < -0.39 is 11.9 Å². The zero-order valence-electron chi connectivity index (χ0n) is 21.2. The van der Waals surface area contributed by atoms with E-state index >= 15 is 0 Å². The molecule has 3 fully saturated rings. The Hall–Kier alpha value is -2.69. The zero-order valence-corrected chi connectivity index (χ0v) is 21.2. The fourth-order valence-corrected chi connectivity index (χ4v) is 6.05. The van der Waals surface area contributed by atoms with Gasteiger partial charge in [0, 0.05) is 58.4 Å². The summed E-state index contributed by atoms with van der Waals surface area (Å²) in [6, 6.07) is 5.38. The van der Waals surface area contributed by atoms with Crippen LogP contribution in [0.1, 0.15) is 44.6 Å². The van der Waals surface area contributed by atoms with Gasteiger partial charge >= 0.3 is 5.69 Å². The monoisotopic (exact) mass is 498 g/mol. The maximum atomic E-state index is 13.0. The van der Waals surface area contributed by atoms with Gasteiger partial charge in [0.2, 0.25) is 11.8 Å². The van der Waals surface area contributed by atoms with Crippen LogP contribution in [0.2, 0.25) is 0 Å². The molecular weight excluding hydrogens is 460 g/mol. The molecule has 2 amide bonds. The van der Waals surface area contributed by atoms with E-state index in [0.29, 0.717) is 25.7 Å². The van der Waals surface area contributed by atoms with Crippen LogP contribution in [0.3, 0.4) is 0 Å². The molecule has 3 N–H and O–H groups in total. The largest absolute Gasteiger partial charge is 0.377 e. The van der Waals surface area contributed by atoms with Gasteiger partial charge in [-0.2, -0.15) is 0 Å². The lowest BCUT2D eigenvalue weighted by Crippen LogP contribution is -2.48. The number of rotatable bonds is 7. The minimum absolute atomic E-state index is 0.232. The minimum Gasteiger partial charge on any atom is -0.377 e. The maximum Gasteiger partial charge on any atom is 0.329 e. The first kappa shape index (κ1) is 25.0. The van der Waals surface area contributed by atoms with Crippen molar-refractivity contribution in [3.63, 3.8) is 0 Å². The van der Waals surface area contributed by atoms with Gasteiger partial charge in [0.05, 0.1) is 23.7 Å². The highest BCUT2D eigenvalue weighted by Crippen LogP contribution is 2.29. The summed E-state index contributed by atoms with van der Waals surface area (Å²) < 4.78 is 8.96. The zero-order chi connectivity index (χ0) is 25.2. The molecule has 2 aromatic rings. The van der Waals surface area contributed by atoms with E-state index in [1.54, 1.807) is 11.6 Å². The van der Waals surface area contributed by atoms with Crippen molar-refractivity contribution < 1.29 is 14.3 Å². The number of hydrogen-bond donors (Lipinski definition) is 2. The van der Waals surface area contributed by atoms with E-state index in [1.165, 1.54) is 17.4 Å². The Labute approximate surface area is 211 Å². The van der Waals surface area contributed by atoms with Gasteiger partial charge in [-0.1, -0.05) is 0 Å². The van der Waals surface area contributed by atoms with Crippen LogP contribution in [0.5, 0.6) is 0 Å². The first-order valence-corrected chi connectivity index (χ1v) is 13.3. The smallest absolute Gasteiger partial charge is 0.329 e. The molecule has 1 aromatic carbocycles. The number of piperidine rings is 1. The number of benzene rings is 1. The number of nitrogens with one attached hydrogen (secondary N) is 1. The Morgan fingerprint density at radius 3 is 2.44 bits per heavy atom. The average molecular weight is 499 g/mol. The third-order valence-corrected chi connectivity index (χ3v) is 8.11. The number of fused-ring (bicyclic) bond motifs is 1. The van der Waals surface area contributed by atoms with Gasteiger partial charge in [0.1, 0.15) is 6.04 Å². The number of imidazole rings is 1. The first-order chi connectivity index (χ1) is 17.4. The highest BCUT2D eigenvalue weighted by molar-refractivity contribution is 6.00. The number of carbonyl (C=O) groups is 2. The molecular formula is C26H38N6O4. The van der Waals surface area contributed by atoms with Crippen molar-refractivity contribution in [2.24, 2.45) is 18.7 Å². The number of nitrogens with zero attached hydrogens (tertiary/aromatic N) is 4. The lowest BCUT2D eigenvalue weighted by molar-refractivity contribution is -0.135. The van der Waals surface area contributed by atoms with Crippen molar-refractivity contribution in [1.29, 1.82) is 0 Å². The van der Waals surface area contributed by atoms with Gasteiger partial charge in [0.25, 0.3) is 0 Å². The number of ether oxygens (including phenoxy) is 1. The second-order valence-corrected chi connectivity index (χ2v) is 10.4. The van der Waals surface area contributed by atoms with Crippen molar-refractivity contribution in [3.05, 3.63) is 28.7 Å². The van der Waals surface area contributed by atoms with Gasteiger partial charge < -0.3 is 15.4 Å². The van der Waals surface area contributed by atoms with Crippen molar-refractivity contribution >= 4 is 28.5 Å². The summed E-state index contributed by atoms with van der Waals surface area (Å²) >= 11 is 0. The van der Waals surface area contributed by atoms with Crippen molar-refractivity contribution in [3.8, 4) is 0 Å². The number of nitrogens with two attached hydrogens (primary N) is 1. The number of carbonyl (C=O) groups excluding carboxylic acids is 2. The Balaban J connectivity index is 1.21. The number of aromatic nitrogens is 2. The Bertz CT molecular complexity index is 1160. The van der Waals surface area contributed by atoms with Gasteiger partial charge in [-0.15, -0.1) is 0 Å². The van der Waals surface area contributed by atoms with Gasteiger partial charge in [-0.25, -0.2) is 4.79 Å². The number of aryl methyl sites for hydroxylation is 1. The molecule has 1 aliphatic carbocycles. The fourth-order valence-electron chi connectivity index (χ4n) is 6.05. The molecule has 0 spiro atoms. The van der Waals surface area contributed by atoms with E-state index in [9.17, 15) is 14.4 Å². The molecule has 2 aliphatic heterocycles. The van der Waals surface area contributed by atoms with Gasteiger partial charge in [-0.3, -0.25) is 28.9 Å². The standard InChI is InChI=1S/C26H38N6O4/c1-29-23-16-19(4-7-21(23)32(26(29)35)22-8-9-24(33)28-25(22)34)31-13-11-30(12-14-31)17-18-2-5-20(6-3-18)36-15-10-27/h4,7,16,18,20,22H,2-3,5-6,8-15,17,27H2,1H3,(H,28,33,34). The average Bonchev–Trinajstić information content (AvgIpc) is 3.13. The molecule has 196 valence electrons. The van der Waals surface area contributed by atoms with E-state index in [-0.39, 0.29) is 18.0 Å². The molecule has 10 heteroatoms. The number of anilines is 1. The van der Waals surface area contributed by atoms with Crippen molar-refractivity contribution in [2.75, 3.05) is 50.8 Å². The number of piperazine rings is 1. The Morgan fingerprint density at radius 2 is 1.75 bits per heavy atom. The SMILES string of the molecule is Cn1c(=O)n(C2CCC(=O)NC2=O)c2ccc(N3CCN(CC4CCC(OCCN)CC4)CC3)cc21. The summed E-state index contributed by atoms with van der Waals surface area (Å²) in [5.74, 6) is 0.0555. The maximum absolute atomic E-state index is 13.0. The quantitative estimate of drug-likeness (QED) is 0.547. The molecule has 1 unspecified atom stereocenters. The summed E-state index contributed by atoms with van der Waals surface area (Å²) in [6.07, 6.45) is 5.71. The van der Waals surface area contributed by atoms with E-state index in [2.05, 4.69) is 21.2 Å². The summed E-state index contributed by atoms with van der Waals surface area (Å²) in [6.45, 7) is 6.36. The Kier molecular flexibility index (Phi) is 7.45. The van der Waals surface area contributed by atoms with Crippen LogP contribution < -0.4 is 21.6 Å². The molecule has 3 heterocycles. The highest BCUT2D eigenvalue weighted by Gasteiger charge is 2.31. The second kappa shape index (κ2) is 10.7. The normalized spacial score (nSPS) is 25.9. The molecule has 0 radical (unpaired) electrons. The topological polar surface area (TPSA) is 115 Å². The van der Waals surface area contributed by atoms with Crippen LogP contribution in [-0.4, -0.2) is 77.8 Å². The van der Waals surface area contributed by atoms with Crippen molar-refractivity contribution in [1.82, 2.24) is 19.4 Å². The minimum atomic E-state index is -0.657. The summed E-state index contributed by atoms with van der Waals surface area (Å²) in [7, 11) is 1.74. The third kappa shape index (κ3) is 5.07. The lowest BCUT2D eigenvalue weighted by atomic mass is 9.87. The summed E-state index contributed by atoms with van der Waals surface area (Å²) in [5, 5.41) is 2.36. The van der Waals surface area contributed by atoms with Gasteiger partial charge in [0.15, 0.2) is 0 Å². The Morgan fingerprint density at radius 1 is 1.00 bits per heavy atom. The molecule has 1 aromatic heterocycles. The van der Waals surface area contributed by atoms with Crippen LogP contribution in [0.15, 0.2) is 23.0 Å². The summed E-state index contributed by atoms with van der Waals surface area (Å²) in [4.78, 5) is 42.0. The first-order valence-electron chi connectivity index (χ1n) is 13.3. The molecule has 1 atom stereocenters. The lowest BCUT2D eigenvalue weighted by Gasteiger charge is -2.39. The van der Waals surface area contributed by atoms with Gasteiger partial charge in [-0.05, 0) is 56.2 Å². The number of imide groups is 1. The third-order valence-electron chi connectivity index (χ3n) is 8.11. The predicted molar refractivity (Wildman–Crippen MR) is 138 cm³/mol. The highest BCUT2D eigenvalue weighted by atomic mass is 16.5. The molecule has 0 bridgehead atoms. The number of amides is 2. The molecule has 10 nitrogen and oxygen atoms in total. The predicted octanol–water partition coefficient (Wildman–Crippen LogP) is 0.974. The number of hydrogen-bond acceptors (Lipinski definition) is 7. The van der Waals surface area contributed by atoms with Crippen LogP contribution in [0.4, 0.5) is 5.69 Å². The second-order valence-electron chi connectivity index (χ2n) is 10.4. The van der Waals surface area contributed by atoms with E-state index in [1.807, 2.05) is 12.1 Å². The molecule has 36 heavy (non-hydrogen) atoms. The molecule has 5 rings (SSSR count). The summed E-state index contributed by atoms with van der Waals surface area (Å²) in [5.41, 5.74) is 7.95. The van der Waals surface area contributed by atoms with Crippen LogP contribution in [0.25, 0.3) is 11.0 Å². The van der Waals surface area contributed by atoms with Crippen molar-refractivity contribution in [2.45, 2.75) is 50.7 Å². The van der Waals surface area contributed by atoms with E-state index in [4.69, 9.17) is 10.5 Å². The molecule has 3 aliphatic rings. The molecule has 1 saturated carbocycles. The molecule has 2 saturated heterocycles. The fraction of sp³-hybridized carbons (Fsp3) is 0.654.